The second kappa shape index (κ2) is 8.32. The number of carbonyl (C=O) groups is 3. The number of hydrogen-bond acceptors (Lipinski definition) is 4. The van der Waals surface area contributed by atoms with Crippen LogP contribution in [-0.2, 0) is 20.9 Å². The van der Waals surface area contributed by atoms with Gasteiger partial charge in [-0.3, -0.25) is 14.9 Å². The van der Waals surface area contributed by atoms with Crippen LogP contribution < -0.4 is 10.2 Å². The summed E-state index contributed by atoms with van der Waals surface area (Å²) < 4.78 is 7.88. The fraction of sp³-hybridized carbons (Fsp3) is 0.348. The highest BCUT2D eigenvalue weighted by Crippen LogP contribution is 2.28. The van der Waals surface area contributed by atoms with Crippen molar-refractivity contribution in [3.8, 4) is 0 Å². The number of nitrogens with zero attached hydrogens (tertiary/aromatic N) is 2. The number of aryl methyl sites for hydroxylation is 2. The monoisotopic (exact) mass is 441 g/mol. The average Bonchev–Trinajstić information content (AvgIpc) is 3.32. The van der Waals surface area contributed by atoms with Crippen LogP contribution in [0, 0.1) is 20.8 Å². The molecule has 1 atom stereocenters. The molecule has 2 aliphatic rings. The van der Waals surface area contributed by atoms with E-state index in [2.05, 4.69) is 9.88 Å². The number of anilines is 1. The molecular formula is C23H24ClN3O4. The van der Waals surface area contributed by atoms with E-state index in [1.54, 1.807) is 18.2 Å². The number of benzene rings is 1. The van der Waals surface area contributed by atoms with Crippen LogP contribution in [0.5, 0.6) is 0 Å². The van der Waals surface area contributed by atoms with Gasteiger partial charge in [0.25, 0.3) is 11.8 Å². The fourth-order valence-electron chi connectivity index (χ4n) is 4.02. The quantitative estimate of drug-likeness (QED) is 0.576. The van der Waals surface area contributed by atoms with Crippen molar-refractivity contribution in [1.82, 2.24) is 9.88 Å². The van der Waals surface area contributed by atoms with Crippen molar-refractivity contribution in [2.45, 2.75) is 46.3 Å². The number of halogens is 1. The van der Waals surface area contributed by atoms with Crippen molar-refractivity contribution in [1.29, 1.82) is 0 Å². The average molecular weight is 442 g/mol. The molecule has 2 aliphatic heterocycles. The number of ether oxygens (including phenoxy) is 1. The third-order valence-corrected chi connectivity index (χ3v) is 6.25. The van der Waals surface area contributed by atoms with Crippen molar-refractivity contribution in [2.24, 2.45) is 0 Å². The zero-order valence-corrected chi connectivity index (χ0v) is 18.5. The molecule has 4 amide bonds. The number of rotatable bonds is 4. The third kappa shape index (κ3) is 4.03. The smallest absolute Gasteiger partial charge is 0.335 e. The maximum absolute atomic E-state index is 13.1. The molecule has 0 aliphatic carbocycles. The molecule has 2 aromatic rings. The lowest BCUT2D eigenvalue weighted by Gasteiger charge is -2.26. The van der Waals surface area contributed by atoms with E-state index in [9.17, 15) is 14.4 Å². The highest BCUT2D eigenvalue weighted by molar-refractivity contribution is 6.39. The molecule has 4 rings (SSSR count). The van der Waals surface area contributed by atoms with Crippen LogP contribution in [0.4, 0.5) is 10.5 Å². The summed E-state index contributed by atoms with van der Waals surface area (Å²) in [5, 5.41) is 2.68. The number of barbiturate groups is 1. The summed E-state index contributed by atoms with van der Waals surface area (Å²) in [6.07, 6.45) is 3.79. The van der Waals surface area contributed by atoms with Gasteiger partial charge in [0.15, 0.2) is 0 Å². The zero-order valence-electron chi connectivity index (χ0n) is 17.7. The van der Waals surface area contributed by atoms with Gasteiger partial charge in [-0.1, -0.05) is 17.7 Å². The van der Waals surface area contributed by atoms with Gasteiger partial charge in [-0.2, -0.15) is 0 Å². The van der Waals surface area contributed by atoms with Crippen molar-refractivity contribution < 1.29 is 19.1 Å². The highest BCUT2D eigenvalue weighted by atomic mass is 35.5. The molecule has 1 aromatic carbocycles. The maximum Gasteiger partial charge on any atom is 0.335 e. The van der Waals surface area contributed by atoms with Crippen molar-refractivity contribution in [3.63, 3.8) is 0 Å². The maximum atomic E-state index is 13.1. The van der Waals surface area contributed by atoms with Gasteiger partial charge in [-0.15, -0.1) is 0 Å². The van der Waals surface area contributed by atoms with E-state index in [0.717, 1.165) is 53.4 Å². The Hall–Kier alpha value is -2.90. The molecule has 1 N–H and O–H groups in total. The lowest BCUT2D eigenvalue weighted by Crippen LogP contribution is -2.54. The summed E-state index contributed by atoms with van der Waals surface area (Å²) in [5.41, 5.74) is 3.73. The minimum atomic E-state index is -0.795. The number of imide groups is 2. The van der Waals surface area contributed by atoms with E-state index >= 15 is 0 Å². The minimum Gasteiger partial charge on any atom is -0.376 e. The minimum absolute atomic E-state index is 0.103. The summed E-state index contributed by atoms with van der Waals surface area (Å²) in [4.78, 5) is 39.0. The fourth-order valence-corrected chi connectivity index (χ4v) is 4.19. The number of urea groups is 1. The molecule has 162 valence electrons. The highest BCUT2D eigenvalue weighted by Gasteiger charge is 2.37. The van der Waals surface area contributed by atoms with Crippen molar-refractivity contribution in [2.75, 3.05) is 11.5 Å². The Balaban J connectivity index is 1.68. The Labute approximate surface area is 185 Å². The lowest BCUT2D eigenvalue weighted by atomic mass is 10.1. The van der Waals surface area contributed by atoms with Crippen LogP contribution in [-0.4, -0.2) is 35.1 Å². The molecule has 1 aromatic heterocycles. The Morgan fingerprint density at radius 2 is 1.97 bits per heavy atom. The third-order valence-electron chi connectivity index (χ3n) is 5.84. The number of nitrogens with one attached hydrogen (secondary N) is 1. The first-order chi connectivity index (χ1) is 14.8. The van der Waals surface area contributed by atoms with Crippen LogP contribution in [0.2, 0.25) is 5.02 Å². The van der Waals surface area contributed by atoms with E-state index in [0.29, 0.717) is 10.7 Å². The number of carbonyl (C=O) groups excluding carboxylic acids is 3. The zero-order chi connectivity index (χ0) is 22.3. The molecule has 0 bridgehead atoms. The normalized spacial score (nSPS) is 20.6. The standard InChI is InChI=1S/C23H24ClN3O4/c1-13-6-7-17(11-20(13)24)27-22(29)19(21(28)25-23(27)30)10-16-9-14(2)26(15(16)3)12-18-5-4-8-31-18/h6-7,9-11,18H,4-5,8,12H2,1-3H3,(H,25,28,30)/b19-10+/t18-/m1/s1. The van der Waals surface area contributed by atoms with Crippen molar-refractivity contribution in [3.05, 3.63) is 57.4 Å². The first-order valence-corrected chi connectivity index (χ1v) is 10.6. The van der Waals surface area contributed by atoms with Gasteiger partial charge in [0, 0.05) is 29.6 Å². The molecule has 3 heterocycles. The molecule has 2 fully saturated rings. The lowest BCUT2D eigenvalue weighted by molar-refractivity contribution is -0.122. The Morgan fingerprint density at radius 1 is 1.19 bits per heavy atom. The van der Waals surface area contributed by atoms with E-state index in [4.69, 9.17) is 16.3 Å². The summed E-state index contributed by atoms with van der Waals surface area (Å²) in [6, 6.07) is 6.02. The summed E-state index contributed by atoms with van der Waals surface area (Å²) in [5.74, 6) is -1.40. The summed E-state index contributed by atoms with van der Waals surface area (Å²) >= 11 is 6.17. The van der Waals surface area contributed by atoms with E-state index in [1.807, 2.05) is 26.8 Å². The van der Waals surface area contributed by atoms with Gasteiger partial charge < -0.3 is 9.30 Å². The molecule has 0 saturated carbocycles. The van der Waals surface area contributed by atoms with Gasteiger partial charge in [-0.05, 0) is 69.0 Å². The van der Waals surface area contributed by atoms with Crippen LogP contribution >= 0.6 is 11.6 Å². The molecule has 7 nitrogen and oxygen atoms in total. The SMILES string of the molecule is Cc1ccc(N2C(=O)NC(=O)/C(=C\c3cc(C)n(C[C@H]4CCCO4)c3C)C2=O)cc1Cl. The topological polar surface area (TPSA) is 80.6 Å². The predicted octanol–water partition coefficient (Wildman–Crippen LogP) is 3.91. The van der Waals surface area contributed by atoms with Gasteiger partial charge >= 0.3 is 6.03 Å². The molecule has 0 unspecified atom stereocenters. The summed E-state index contributed by atoms with van der Waals surface area (Å²) in [6.45, 7) is 7.26. The van der Waals surface area contributed by atoms with Crippen LogP contribution in [0.1, 0.15) is 35.4 Å². The Bertz CT molecular complexity index is 1110. The largest absolute Gasteiger partial charge is 0.376 e. The van der Waals surface area contributed by atoms with Crippen molar-refractivity contribution >= 4 is 41.2 Å². The van der Waals surface area contributed by atoms with Crippen LogP contribution in [0.25, 0.3) is 6.08 Å². The first-order valence-electron chi connectivity index (χ1n) is 10.2. The van der Waals surface area contributed by atoms with Gasteiger partial charge in [0.2, 0.25) is 0 Å². The van der Waals surface area contributed by atoms with Crippen LogP contribution in [0.3, 0.4) is 0 Å². The first kappa shape index (κ1) is 21.3. The van der Waals surface area contributed by atoms with Gasteiger partial charge in [0.1, 0.15) is 5.57 Å². The predicted molar refractivity (Wildman–Crippen MR) is 118 cm³/mol. The second-order valence-electron chi connectivity index (χ2n) is 7.96. The molecule has 0 spiro atoms. The number of hydrogen-bond donors (Lipinski definition) is 1. The summed E-state index contributed by atoms with van der Waals surface area (Å²) in [7, 11) is 0. The molecular weight excluding hydrogens is 418 g/mol. The second-order valence-corrected chi connectivity index (χ2v) is 8.37. The Kier molecular flexibility index (Phi) is 5.73. The van der Waals surface area contributed by atoms with E-state index in [-0.39, 0.29) is 11.7 Å². The van der Waals surface area contributed by atoms with E-state index in [1.165, 1.54) is 6.07 Å². The number of aromatic nitrogens is 1. The molecule has 8 heteroatoms. The van der Waals surface area contributed by atoms with Crippen LogP contribution in [0.15, 0.2) is 29.8 Å². The molecule has 31 heavy (non-hydrogen) atoms. The number of amides is 4. The molecule has 0 radical (unpaired) electrons. The van der Waals surface area contributed by atoms with Gasteiger partial charge in [-0.25, -0.2) is 9.69 Å². The molecule has 2 saturated heterocycles. The Morgan fingerprint density at radius 3 is 2.65 bits per heavy atom. The van der Waals surface area contributed by atoms with E-state index < -0.39 is 17.8 Å². The van der Waals surface area contributed by atoms with Gasteiger partial charge in [0.05, 0.1) is 11.8 Å².